The molecular formula is C11H11BrO. The number of allylic oxidation sites excluding steroid dienone is 9. The van der Waals surface area contributed by atoms with E-state index in [0.717, 1.165) is 6.29 Å². The minimum Gasteiger partial charge on any atom is -0.299 e. The van der Waals surface area contributed by atoms with Crippen LogP contribution in [-0.2, 0) is 4.79 Å². The van der Waals surface area contributed by atoms with E-state index in [2.05, 4.69) is 15.9 Å². The van der Waals surface area contributed by atoms with E-state index in [0.29, 0.717) is 0 Å². The number of rotatable bonds is 5. The molecule has 0 atom stereocenters. The van der Waals surface area contributed by atoms with Gasteiger partial charge in [-0.25, -0.2) is 0 Å². The maximum atomic E-state index is 9.85. The lowest BCUT2D eigenvalue weighted by atomic mass is 10.4. The number of hydrogen-bond acceptors (Lipinski definition) is 1. The van der Waals surface area contributed by atoms with Crippen LogP contribution in [0.4, 0.5) is 0 Å². The lowest BCUT2D eigenvalue weighted by molar-refractivity contribution is -0.104. The quantitative estimate of drug-likeness (QED) is 0.408. The Kier molecular flexibility index (Phi) is 9.89. The normalized spacial score (nSPS) is 13.3. The molecule has 0 N–H and O–H groups in total. The molecule has 0 saturated carbocycles. The molecule has 0 aliphatic carbocycles. The summed E-state index contributed by atoms with van der Waals surface area (Å²) in [5.74, 6) is 0. The lowest BCUT2D eigenvalue weighted by Gasteiger charge is -1.72. The molecule has 0 radical (unpaired) electrons. The van der Waals surface area contributed by atoms with Crippen molar-refractivity contribution in [2.24, 2.45) is 0 Å². The maximum Gasteiger partial charge on any atom is 0.142 e. The third kappa shape index (κ3) is 10.8. The van der Waals surface area contributed by atoms with Crippen molar-refractivity contribution in [3.05, 3.63) is 59.7 Å². The van der Waals surface area contributed by atoms with Gasteiger partial charge < -0.3 is 0 Å². The van der Waals surface area contributed by atoms with Crippen LogP contribution in [0, 0.1) is 0 Å². The van der Waals surface area contributed by atoms with Crippen molar-refractivity contribution in [2.75, 3.05) is 0 Å². The highest BCUT2D eigenvalue weighted by atomic mass is 79.9. The number of hydrogen-bond donors (Lipinski definition) is 0. The average molecular weight is 239 g/mol. The van der Waals surface area contributed by atoms with Gasteiger partial charge in [0.2, 0.25) is 0 Å². The molecule has 13 heavy (non-hydrogen) atoms. The van der Waals surface area contributed by atoms with Crippen LogP contribution in [0.5, 0.6) is 0 Å². The summed E-state index contributed by atoms with van der Waals surface area (Å²) in [5, 5.41) is 0. The average Bonchev–Trinajstić information content (AvgIpc) is 2.16. The van der Waals surface area contributed by atoms with Gasteiger partial charge in [0, 0.05) is 0 Å². The van der Waals surface area contributed by atoms with E-state index < -0.39 is 0 Å². The fraction of sp³-hybridized carbons (Fsp3) is 0. The molecule has 0 aliphatic rings. The molecule has 0 fully saturated rings. The van der Waals surface area contributed by atoms with Gasteiger partial charge in [-0.3, -0.25) is 4.79 Å². The molecule has 0 aromatic carbocycles. The third-order valence-corrected chi connectivity index (χ3v) is 1.35. The predicted octanol–water partition coefficient (Wildman–Crippen LogP) is 3.32. The smallest absolute Gasteiger partial charge is 0.142 e. The van der Waals surface area contributed by atoms with Gasteiger partial charge in [0.1, 0.15) is 6.29 Å². The van der Waals surface area contributed by atoms with Crippen molar-refractivity contribution < 1.29 is 4.79 Å². The van der Waals surface area contributed by atoms with E-state index >= 15 is 0 Å². The Bertz CT molecular complexity index is 257. The molecule has 1 nitrogen and oxygen atoms in total. The van der Waals surface area contributed by atoms with Crippen molar-refractivity contribution in [1.29, 1.82) is 0 Å². The van der Waals surface area contributed by atoms with Gasteiger partial charge in [0.05, 0.1) is 0 Å². The first kappa shape index (κ1) is 11.8. The Morgan fingerprint density at radius 3 is 1.38 bits per heavy atom. The van der Waals surface area contributed by atoms with Crippen LogP contribution in [-0.4, -0.2) is 6.29 Å². The van der Waals surface area contributed by atoms with E-state index in [9.17, 15) is 4.79 Å². The standard InChI is InChI=1S/C11H11BrO/c12-10-8-6-4-2-1-3-5-7-9-11-13/h1-11H/b2-1+,5-3+,6-4+,9-7+,10-8-. The van der Waals surface area contributed by atoms with Crippen molar-refractivity contribution in [2.45, 2.75) is 0 Å². The van der Waals surface area contributed by atoms with Gasteiger partial charge in [-0.2, -0.15) is 0 Å². The fourth-order valence-electron chi connectivity index (χ4n) is 0.536. The van der Waals surface area contributed by atoms with Gasteiger partial charge >= 0.3 is 0 Å². The van der Waals surface area contributed by atoms with E-state index in [4.69, 9.17) is 0 Å². The Morgan fingerprint density at radius 2 is 1.00 bits per heavy atom. The zero-order valence-corrected chi connectivity index (χ0v) is 8.72. The lowest BCUT2D eigenvalue weighted by Crippen LogP contribution is -1.55. The zero-order valence-electron chi connectivity index (χ0n) is 7.14. The van der Waals surface area contributed by atoms with Crippen LogP contribution in [0.2, 0.25) is 0 Å². The first-order chi connectivity index (χ1) is 6.41. The molecule has 0 heterocycles. The summed E-state index contributed by atoms with van der Waals surface area (Å²) in [5.41, 5.74) is 0. The number of halogens is 1. The Morgan fingerprint density at radius 1 is 0.615 bits per heavy atom. The van der Waals surface area contributed by atoms with E-state index in [1.54, 1.807) is 17.1 Å². The summed E-state index contributed by atoms with van der Waals surface area (Å²) in [6.45, 7) is 0. The monoisotopic (exact) mass is 238 g/mol. The molecule has 0 aliphatic heterocycles. The highest BCUT2D eigenvalue weighted by molar-refractivity contribution is 9.11. The maximum absolute atomic E-state index is 9.85. The molecular weight excluding hydrogens is 228 g/mol. The minimum absolute atomic E-state index is 0.745. The molecule has 0 bridgehead atoms. The number of carbonyl (C=O) groups is 1. The predicted molar refractivity (Wildman–Crippen MR) is 60.7 cm³/mol. The summed E-state index contributed by atoms with van der Waals surface area (Å²) in [7, 11) is 0. The van der Waals surface area contributed by atoms with Crippen LogP contribution in [0.25, 0.3) is 0 Å². The van der Waals surface area contributed by atoms with Crippen LogP contribution in [0.15, 0.2) is 59.7 Å². The van der Waals surface area contributed by atoms with Gasteiger partial charge in [0.25, 0.3) is 0 Å². The van der Waals surface area contributed by atoms with Gasteiger partial charge in [-0.15, -0.1) is 0 Å². The molecule has 0 aromatic rings. The van der Waals surface area contributed by atoms with Gasteiger partial charge in [-0.1, -0.05) is 64.5 Å². The van der Waals surface area contributed by atoms with E-state index in [1.807, 2.05) is 36.5 Å². The molecule has 2 heteroatoms. The Hall–Kier alpha value is -1.15. The summed E-state index contributed by atoms with van der Waals surface area (Å²) in [4.78, 5) is 11.6. The van der Waals surface area contributed by atoms with Crippen LogP contribution >= 0.6 is 15.9 Å². The van der Waals surface area contributed by atoms with E-state index in [-0.39, 0.29) is 0 Å². The Labute approximate surface area is 87.0 Å². The molecule has 0 rings (SSSR count). The first-order valence-electron chi connectivity index (χ1n) is 3.79. The summed E-state index contributed by atoms with van der Waals surface area (Å²) >= 11 is 3.15. The SMILES string of the molecule is O=C/C=C/C=C/C=C/C=C/C=C\Br. The van der Waals surface area contributed by atoms with Crippen LogP contribution in [0.3, 0.4) is 0 Å². The second-order valence-electron chi connectivity index (χ2n) is 1.99. The number of aldehydes is 1. The van der Waals surface area contributed by atoms with Gasteiger partial charge in [-0.05, 0) is 11.1 Å². The molecule has 0 saturated heterocycles. The summed E-state index contributed by atoms with van der Waals surface area (Å²) in [6.07, 6.45) is 17.0. The number of carbonyl (C=O) groups excluding carboxylic acids is 1. The second-order valence-corrected chi connectivity index (χ2v) is 2.52. The van der Waals surface area contributed by atoms with Crippen LogP contribution in [0.1, 0.15) is 0 Å². The van der Waals surface area contributed by atoms with Crippen molar-refractivity contribution >= 4 is 22.2 Å². The van der Waals surface area contributed by atoms with Crippen molar-refractivity contribution in [1.82, 2.24) is 0 Å². The topological polar surface area (TPSA) is 17.1 Å². The molecule has 0 amide bonds. The third-order valence-electron chi connectivity index (χ3n) is 1.04. The second kappa shape index (κ2) is 10.8. The van der Waals surface area contributed by atoms with Crippen molar-refractivity contribution in [3.8, 4) is 0 Å². The van der Waals surface area contributed by atoms with Crippen molar-refractivity contribution in [3.63, 3.8) is 0 Å². The summed E-state index contributed by atoms with van der Waals surface area (Å²) < 4.78 is 0. The fourth-order valence-corrected chi connectivity index (χ4v) is 0.713. The molecule has 0 unspecified atom stereocenters. The molecule has 68 valence electrons. The summed E-state index contributed by atoms with van der Waals surface area (Å²) in [6, 6.07) is 0. The van der Waals surface area contributed by atoms with Crippen LogP contribution < -0.4 is 0 Å². The van der Waals surface area contributed by atoms with E-state index in [1.165, 1.54) is 6.08 Å². The molecule has 0 spiro atoms. The Balaban J connectivity index is 3.68. The highest BCUT2D eigenvalue weighted by Crippen LogP contribution is 1.85. The first-order valence-corrected chi connectivity index (χ1v) is 4.70. The minimum atomic E-state index is 0.745. The molecule has 0 aromatic heterocycles. The highest BCUT2D eigenvalue weighted by Gasteiger charge is 1.62. The zero-order chi connectivity index (χ0) is 9.78. The largest absolute Gasteiger partial charge is 0.299 e. The van der Waals surface area contributed by atoms with Gasteiger partial charge in [0.15, 0.2) is 0 Å².